The largest absolute Gasteiger partial charge is 0.353 e. The van der Waals surface area contributed by atoms with Gasteiger partial charge in [0.15, 0.2) is 0 Å². The van der Waals surface area contributed by atoms with E-state index in [-0.39, 0.29) is 28.9 Å². The quantitative estimate of drug-likeness (QED) is 0.657. The van der Waals surface area contributed by atoms with Crippen LogP contribution in [0.15, 0.2) is 18.3 Å². The third-order valence-corrected chi connectivity index (χ3v) is 2.01. The van der Waals surface area contributed by atoms with Crippen LogP contribution in [0.25, 0.3) is 6.08 Å². The van der Waals surface area contributed by atoms with Crippen molar-refractivity contribution in [1.29, 1.82) is 0 Å². The highest BCUT2D eigenvalue weighted by molar-refractivity contribution is 6.30. The standard InChI is InChI=1S/C10H10ClN3O3/c1-7(15)12-4-2-3-9-10(14(16)17)5-8(11)6-13-9/h2-3,5-6H,4H2,1H3,(H,12,15). The highest BCUT2D eigenvalue weighted by Crippen LogP contribution is 2.21. The van der Waals surface area contributed by atoms with Gasteiger partial charge in [-0.3, -0.25) is 14.9 Å². The lowest BCUT2D eigenvalue weighted by Gasteiger charge is -1.98. The number of hydrogen-bond acceptors (Lipinski definition) is 4. The minimum Gasteiger partial charge on any atom is -0.353 e. The van der Waals surface area contributed by atoms with Crippen LogP contribution in [0.5, 0.6) is 0 Å². The number of nitrogens with one attached hydrogen (secondary N) is 1. The summed E-state index contributed by atoms with van der Waals surface area (Å²) < 4.78 is 0. The van der Waals surface area contributed by atoms with Crippen LogP contribution in [-0.4, -0.2) is 22.4 Å². The van der Waals surface area contributed by atoms with Crippen molar-refractivity contribution in [2.75, 3.05) is 6.54 Å². The van der Waals surface area contributed by atoms with Crippen molar-refractivity contribution in [1.82, 2.24) is 10.3 Å². The molecule has 0 aliphatic rings. The van der Waals surface area contributed by atoms with Gasteiger partial charge in [0.05, 0.1) is 9.95 Å². The van der Waals surface area contributed by atoms with Gasteiger partial charge < -0.3 is 5.32 Å². The molecule has 1 N–H and O–H groups in total. The number of nitro groups is 1. The number of pyridine rings is 1. The van der Waals surface area contributed by atoms with Crippen LogP contribution in [0.1, 0.15) is 12.6 Å². The second-order valence-corrected chi connectivity index (χ2v) is 3.59. The molecule has 0 aliphatic heterocycles. The zero-order valence-corrected chi connectivity index (χ0v) is 9.77. The zero-order chi connectivity index (χ0) is 12.8. The highest BCUT2D eigenvalue weighted by atomic mass is 35.5. The fourth-order valence-electron chi connectivity index (χ4n) is 1.09. The van der Waals surface area contributed by atoms with Crippen molar-refractivity contribution in [3.63, 3.8) is 0 Å². The van der Waals surface area contributed by atoms with Gasteiger partial charge in [-0.15, -0.1) is 0 Å². The number of rotatable bonds is 4. The molecule has 0 fully saturated rings. The Morgan fingerprint density at radius 3 is 3.00 bits per heavy atom. The monoisotopic (exact) mass is 255 g/mol. The van der Waals surface area contributed by atoms with Crippen molar-refractivity contribution < 1.29 is 9.72 Å². The molecule has 0 unspecified atom stereocenters. The first-order valence-electron chi connectivity index (χ1n) is 4.71. The average molecular weight is 256 g/mol. The number of amides is 1. The zero-order valence-electron chi connectivity index (χ0n) is 9.01. The van der Waals surface area contributed by atoms with Crippen molar-refractivity contribution >= 4 is 29.3 Å². The van der Waals surface area contributed by atoms with Crippen molar-refractivity contribution in [2.45, 2.75) is 6.92 Å². The summed E-state index contributed by atoms with van der Waals surface area (Å²) in [5, 5.41) is 13.4. The van der Waals surface area contributed by atoms with E-state index in [1.165, 1.54) is 25.3 Å². The molecule has 0 bridgehead atoms. The Hall–Kier alpha value is -1.95. The average Bonchev–Trinajstić information content (AvgIpc) is 2.25. The smallest absolute Gasteiger partial charge is 0.296 e. The molecule has 7 heteroatoms. The summed E-state index contributed by atoms with van der Waals surface area (Å²) in [6, 6.07) is 1.23. The molecular weight excluding hydrogens is 246 g/mol. The fourth-order valence-corrected chi connectivity index (χ4v) is 1.24. The van der Waals surface area contributed by atoms with E-state index in [0.717, 1.165) is 0 Å². The van der Waals surface area contributed by atoms with Crippen LogP contribution in [0.3, 0.4) is 0 Å². The predicted octanol–water partition coefficient (Wildman–Crippen LogP) is 1.79. The van der Waals surface area contributed by atoms with E-state index >= 15 is 0 Å². The first-order chi connectivity index (χ1) is 8.00. The summed E-state index contributed by atoms with van der Waals surface area (Å²) in [6.45, 7) is 1.67. The lowest BCUT2D eigenvalue weighted by atomic mass is 10.3. The van der Waals surface area contributed by atoms with Gasteiger partial charge in [0.2, 0.25) is 5.91 Å². The molecule has 1 heterocycles. The summed E-state index contributed by atoms with van der Waals surface area (Å²) in [6.07, 6.45) is 4.36. The number of aromatic nitrogens is 1. The topological polar surface area (TPSA) is 85.1 Å². The number of carbonyl (C=O) groups is 1. The minimum atomic E-state index is -0.559. The first kappa shape index (κ1) is 13.1. The molecule has 0 saturated heterocycles. The molecule has 1 rings (SSSR count). The maximum absolute atomic E-state index is 10.7. The Morgan fingerprint density at radius 2 is 2.41 bits per heavy atom. The minimum absolute atomic E-state index is 0.170. The van der Waals surface area contributed by atoms with Gasteiger partial charge >= 0.3 is 0 Å². The fraction of sp³-hybridized carbons (Fsp3) is 0.200. The molecule has 0 radical (unpaired) electrons. The van der Waals surface area contributed by atoms with Crippen LogP contribution in [-0.2, 0) is 4.79 Å². The summed E-state index contributed by atoms with van der Waals surface area (Å²) in [5.74, 6) is -0.173. The molecular formula is C10H10ClN3O3. The lowest BCUT2D eigenvalue weighted by molar-refractivity contribution is -0.385. The molecule has 1 aromatic heterocycles. The van der Waals surface area contributed by atoms with Gasteiger partial charge in [0.25, 0.3) is 5.69 Å². The number of halogens is 1. The molecule has 90 valence electrons. The molecule has 1 aromatic rings. The van der Waals surface area contributed by atoms with Gasteiger partial charge in [-0.25, -0.2) is 4.98 Å². The molecule has 0 saturated carbocycles. The maximum Gasteiger partial charge on any atom is 0.296 e. The van der Waals surface area contributed by atoms with E-state index in [2.05, 4.69) is 10.3 Å². The second kappa shape index (κ2) is 5.95. The SMILES string of the molecule is CC(=O)NCC=Cc1ncc(Cl)cc1[N+](=O)[O-]. The van der Waals surface area contributed by atoms with E-state index in [0.29, 0.717) is 0 Å². The van der Waals surface area contributed by atoms with Crippen molar-refractivity contribution in [3.8, 4) is 0 Å². The van der Waals surface area contributed by atoms with Gasteiger partial charge in [-0.05, 0) is 6.08 Å². The van der Waals surface area contributed by atoms with Crippen LogP contribution < -0.4 is 5.32 Å². The van der Waals surface area contributed by atoms with Crippen molar-refractivity contribution in [3.05, 3.63) is 39.2 Å². The van der Waals surface area contributed by atoms with Crippen molar-refractivity contribution in [2.24, 2.45) is 0 Å². The van der Waals surface area contributed by atoms with E-state index in [1.54, 1.807) is 6.08 Å². The molecule has 0 aliphatic carbocycles. The molecule has 6 nitrogen and oxygen atoms in total. The molecule has 1 amide bonds. The lowest BCUT2D eigenvalue weighted by Crippen LogP contribution is -2.19. The van der Waals surface area contributed by atoms with E-state index in [1.807, 2.05) is 0 Å². The molecule has 0 atom stereocenters. The van der Waals surface area contributed by atoms with Crippen LogP contribution in [0.2, 0.25) is 5.02 Å². The van der Waals surface area contributed by atoms with E-state index in [4.69, 9.17) is 11.6 Å². The van der Waals surface area contributed by atoms with Crippen LogP contribution >= 0.6 is 11.6 Å². The normalized spacial score (nSPS) is 10.5. The Kier molecular flexibility index (Phi) is 4.59. The number of nitrogens with zero attached hydrogens (tertiary/aromatic N) is 2. The van der Waals surface area contributed by atoms with Gasteiger partial charge in [-0.2, -0.15) is 0 Å². The Balaban J connectivity index is 2.83. The third kappa shape index (κ3) is 4.20. The Morgan fingerprint density at radius 1 is 1.71 bits per heavy atom. The van der Waals surface area contributed by atoms with Crippen LogP contribution in [0, 0.1) is 10.1 Å². The first-order valence-corrected chi connectivity index (χ1v) is 5.09. The Bertz CT molecular complexity index is 474. The maximum atomic E-state index is 10.7. The summed E-state index contributed by atoms with van der Waals surface area (Å²) in [4.78, 5) is 24.6. The number of hydrogen-bond donors (Lipinski definition) is 1. The number of carbonyl (C=O) groups excluding carboxylic acids is 1. The molecule has 0 aromatic carbocycles. The predicted molar refractivity (Wildman–Crippen MR) is 63.6 cm³/mol. The third-order valence-electron chi connectivity index (χ3n) is 1.81. The highest BCUT2D eigenvalue weighted by Gasteiger charge is 2.13. The second-order valence-electron chi connectivity index (χ2n) is 3.15. The van der Waals surface area contributed by atoms with Gasteiger partial charge in [0.1, 0.15) is 5.69 Å². The van der Waals surface area contributed by atoms with E-state index < -0.39 is 4.92 Å². The Labute approximate surface area is 102 Å². The van der Waals surface area contributed by atoms with Crippen LogP contribution in [0.4, 0.5) is 5.69 Å². The van der Waals surface area contributed by atoms with E-state index in [9.17, 15) is 14.9 Å². The van der Waals surface area contributed by atoms with Gasteiger partial charge in [-0.1, -0.05) is 17.7 Å². The summed E-state index contributed by atoms with van der Waals surface area (Å²) in [5.41, 5.74) is 0.0290. The van der Waals surface area contributed by atoms with Gasteiger partial charge in [0, 0.05) is 25.7 Å². The molecule has 17 heavy (non-hydrogen) atoms. The summed E-state index contributed by atoms with van der Waals surface area (Å²) >= 11 is 5.62. The molecule has 0 spiro atoms. The summed E-state index contributed by atoms with van der Waals surface area (Å²) in [7, 11) is 0.